The molecule has 0 aromatic heterocycles. The van der Waals surface area contributed by atoms with Crippen LogP contribution >= 0.6 is 0 Å². The van der Waals surface area contributed by atoms with Gasteiger partial charge in [0, 0.05) is 37.3 Å². The van der Waals surface area contributed by atoms with Crippen molar-refractivity contribution in [2.45, 2.75) is 70.5 Å². The summed E-state index contributed by atoms with van der Waals surface area (Å²) < 4.78 is 0. The number of likely N-dealkylation sites (N-methyl/N-ethyl adjacent to an activating group) is 1. The number of piperazine rings is 1. The second-order valence-electron chi connectivity index (χ2n) is 7.23. The van der Waals surface area contributed by atoms with Crippen molar-refractivity contribution in [3.63, 3.8) is 0 Å². The fourth-order valence-corrected chi connectivity index (χ4v) is 4.01. The molecule has 2 fully saturated rings. The molecule has 1 aliphatic heterocycles. The van der Waals surface area contributed by atoms with E-state index >= 15 is 0 Å². The smallest absolute Gasteiger partial charge is 0.0333 e. The molecule has 19 heavy (non-hydrogen) atoms. The van der Waals surface area contributed by atoms with Crippen LogP contribution in [0.25, 0.3) is 0 Å². The first-order valence-corrected chi connectivity index (χ1v) is 8.15. The number of hydrogen-bond donors (Lipinski definition) is 1. The van der Waals surface area contributed by atoms with Crippen LogP contribution in [0.1, 0.15) is 52.9 Å². The Morgan fingerprint density at radius 3 is 2.26 bits per heavy atom. The molecule has 4 atom stereocenters. The third kappa shape index (κ3) is 3.14. The van der Waals surface area contributed by atoms with E-state index in [1.807, 2.05) is 0 Å². The van der Waals surface area contributed by atoms with E-state index < -0.39 is 0 Å². The monoisotopic (exact) mass is 267 g/mol. The lowest BCUT2D eigenvalue weighted by atomic mass is 9.86. The first-order valence-electron chi connectivity index (χ1n) is 8.15. The highest BCUT2D eigenvalue weighted by Crippen LogP contribution is 2.36. The minimum absolute atomic E-state index is 0.286. The van der Waals surface area contributed by atoms with Gasteiger partial charge in [0.15, 0.2) is 0 Å². The molecule has 0 amide bonds. The molecule has 0 spiro atoms. The summed E-state index contributed by atoms with van der Waals surface area (Å²) in [5, 5.41) is 0. The van der Waals surface area contributed by atoms with Gasteiger partial charge in [-0.2, -0.15) is 0 Å². The molecule has 1 saturated carbocycles. The van der Waals surface area contributed by atoms with E-state index in [2.05, 4.69) is 37.6 Å². The van der Waals surface area contributed by atoms with Crippen LogP contribution < -0.4 is 5.73 Å². The highest BCUT2D eigenvalue weighted by molar-refractivity contribution is 4.98. The van der Waals surface area contributed by atoms with Crippen molar-refractivity contribution in [2.24, 2.45) is 11.7 Å². The number of nitrogens with zero attached hydrogens (tertiary/aromatic N) is 2. The zero-order chi connectivity index (χ0) is 14.0. The third-order valence-electron chi connectivity index (χ3n) is 5.85. The van der Waals surface area contributed by atoms with Crippen LogP contribution in [0, 0.1) is 5.92 Å². The van der Waals surface area contributed by atoms with Gasteiger partial charge in [0.25, 0.3) is 0 Å². The average Bonchev–Trinajstić information content (AvgIpc) is 2.58. The molecule has 2 N–H and O–H groups in total. The first-order chi connectivity index (χ1) is 8.98. The molecule has 112 valence electrons. The molecule has 0 radical (unpaired) electrons. The standard InChI is InChI=1S/C16H33N3/c1-13-6-5-8-16(12-17,9-7-13)19-10-14(2)18(4)15(3)11-19/h13-15H,5-12,17H2,1-4H3. The van der Waals surface area contributed by atoms with Gasteiger partial charge in [0.05, 0.1) is 0 Å². The summed E-state index contributed by atoms with van der Waals surface area (Å²) in [4.78, 5) is 5.25. The number of hydrogen-bond acceptors (Lipinski definition) is 3. The Morgan fingerprint density at radius 2 is 1.68 bits per heavy atom. The zero-order valence-corrected chi connectivity index (χ0v) is 13.4. The Bertz CT molecular complexity index is 282. The van der Waals surface area contributed by atoms with E-state index in [9.17, 15) is 0 Å². The van der Waals surface area contributed by atoms with Crippen LogP contribution in [0.4, 0.5) is 0 Å². The van der Waals surface area contributed by atoms with Gasteiger partial charge < -0.3 is 5.73 Å². The SMILES string of the molecule is CC1CCCC(CN)(N2CC(C)N(C)C(C)C2)CC1. The van der Waals surface area contributed by atoms with Crippen molar-refractivity contribution in [3.05, 3.63) is 0 Å². The molecule has 1 aliphatic carbocycles. The predicted molar refractivity (Wildman–Crippen MR) is 82.3 cm³/mol. The Morgan fingerprint density at radius 1 is 1.05 bits per heavy atom. The van der Waals surface area contributed by atoms with Crippen molar-refractivity contribution in [2.75, 3.05) is 26.7 Å². The van der Waals surface area contributed by atoms with Gasteiger partial charge in [-0.3, -0.25) is 9.80 Å². The maximum Gasteiger partial charge on any atom is 0.0333 e. The Balaban J connectivity index is 2.12. The molecule has 0 bridgehead atoms. The molecule has 2 aliphatic rings. The van der Waals surface area contributed by atoms with Crippen LogP contribution in [-0.4, -0.2) is 54.1 Å². The van der Waals surface area contributed by atoms with E-state index in [1.165, 1.54) is 45.2 Å². The topological polar surface area (TPSA) is 32.5 Å². The third-order valence-corrected chi connectivity index (χ3v) is 5.85. The van der Waals surface area contributed by atoms with Crippen molar-refractivity contribution in [1.29, 1.82) is 0 Å². The lowest BCUT2D eigenvalue weighted by Gasteiger charge is -2.51. The molecule has 4 unspecified atom stereocenters. The van der Waals surface area contributed by atoms with E-state index in [-0.39, 0.29) is 5.54 Å². The Kier molecular flexibility index (Phi) is 4.91. The van der Waals surface area contributed by atoms with Crippen LogP contribution in [0.15, 0.2) is 0 Å². The summed E-state index contributed by atoms with van der Waals surface area (Å²) in [6.07, 6.45) is 6.70. The van der Waals surface area contributed by atoms with Crippen LogP contribution in [0.3, 0.4) is 0 Å². The predicted octanol–water partition coefficient (Wildman–Crippen LogP) is 2.31. The van der Waals surface area contributed by atoms with E-state index in [4.69, 9.17) is 5.73 Å². The van der Waals surface area contributed by atoms with Crippen molar-refractivity contribution in [3.8, 4) is 0 Å². The van der Waals surface area contributed by atoms with Crippen molar-refractivity contribution < 1.29 is 0 Å². The second-order valence-corrected chi connectivity index (χ2v) is 7.23. The quantitative estimate of drug-likeness (QED) is 0.779. The lowest BCUT2D eigenvalue weighted by Crippen LogP contribution is -2.64. The lowest BCUT2D eigenvalue weighted by molar-refractivity contribution is -0.0170. The normalized spacial score (nSPS) is 43.1. The molecule has 1 saturated heterocycles. The summed E-state index contributed by atoms with van der Waals surface area (Å²) in [5.41, 5.74) is 6.54. The highest BCUT2D eigenvalue weighted by Gasteiger charge is 2.41. The van der Waals surface area contributed by atoms with E-state index in [0.717, 1.165) is 12.5 Å². The minimum Gasteiger partial charge on any atom is -0.329 e. The van der Waals surface area contributed by atoms with E-state index in [0.29, 0.717) is 12.1 Å². The molecule has 1 heterocycles. The average molecular weight is 267 g/mol. The van der Waals surface area contributed by atoms with Crippen molar-refractivity contribution in [1.82, 2.24) is 9.80 Å². The summed E-state index contributed by atoms with van der Waals surface area (Å²) in [6, 6.07) is 1.29. The van der Waals surface area contributed by atoms with Crippen LogP contribution in [-0.2, 0) is 0 Å². The van der Waals surface area contributed by atoms with Gasteiger partial charge in [0.2, 0.25) is 0 Å². The number of nitrogens with two attached hydrogens (primary N) is 1. The zero-order valence-electron chi connectivity index (χ0n) is 13.4. The maximum absolute atomic E-state index is 6.25. The molecule has 0 aromatic rings. The second kappa shape index (κ2) is 6.11. The Hall–Kier alpha value is -0.120. The summed E-state index contributed by atoms with van der Waals surface area (Å²) in [6.45, 7) is 10.3. The summed E-state index contributed by atoms with van der Waals surface area (Å²) >= 11 is 0. The largest absolute Gasteiger partial charge is 0.329 e. The van der Waals surface area contributed by atoms with Gasteiger partial charge in [-0.15, -0.1) is 0 Å². The number of rotatable bonds is 2. The van der Waals surface area contributed by atoms with E-state index in [1.54, 1.807) is 0 Å². The molecule has 3 nitrogen and oxygen atoms in total. The molecule has 2 rings (SSSR count). The van der Waals surface area contributed by atoms with Gasteiger partial charge in [-0.25, -0.2) is 0 Å². The highest BCUT2D eigenvalue weighted by atomic mass is 15.3. The van der Waals surface area contributed by atoms with Crippen LogP contribution in [0.5, 0.6) is 0 Å². The molecular weight excluding hydrogens is 234 g/mol. The van der Waals surface area contributed by atoms with Gasteiger partial charge >= 0.3 is 0 Å². The molecule has 0 aromatic carbocycles. The fourth-order valence-electron chi connectivity index (χ4n) is 4.01. The van der Waals surface area contributed by atoms with Gasteiger partial charge in [0.1, 0.15) is 0 Å². The first kappa shape index (κ1) is 15.3. The summed E-state index contributed by atoms with van der Waals surface area (Å²) in [7, 11) is 2.26. The van der Waals surface area contributed by atoms with Gasteiger partial charge in [-0.05, 0) is 46.1 Å². The minimum atomic E-state index is 0.286. The summed E-state index contributed by atoms with van der Waals surface area (Å²) in [5.74, 6) is 0.885. The maximum atomic E-state index is 6.25. The van der Waals surface area contributed by atoms with Gasteiger partial charge in [-0.1, -0.05) is 19.8 Å². The fraction of sp³-hybridized carbons (Fsp3) is 1.00. The molecule has 3 heteroatoms. The Labute approximate surface area is 119 Å². The van der Waals surface area contributed by atoms with Crippen molar-refractivity contribution >= 4 is 0 Å². The van der Waals surface area contributed by atoms with Crippen LogP contribution in [0.2, 0.25) is 0 Å². The molecular formula is C16H33N3.